The Morgan fingerprint density at radius 2 is 1.89 bits per heavy atom. The van der Waals surface area contributed by atoms with Gasteiger partial charge in [-0.3, -0.25) is 0 Å². The molecule has 0 aliphatic rings. The zero-order chi connectivity index (χ0) is 13.0. The summed E-state index contributed by atoms with van der Waals surface area (Å²) in [6.45, 7) is 6.00. The molecule has 0 fully saturated rings. The van der Waals surface area contributed by atoms with Gasteiger partial charge in [0.1, 0.15) is 0 Å². The van der Waals surface area contributed by atoms with Gasteiger partial charge in [0.25, 0.3) is 0 Å². The molecule has 0 saturated heterocycles. The van der Waals surface area contributed by atoms with Crippen LogP contribution in [0.5, 0.6) is 0 Å². The van der Waals surface area contributed by atoms with E-state index >= 15 is 0 Å². The Morgan fingerprint density at radius 1 is 1.11 bits per heavy atom. The van der Waals surface area contributed by atoms with Gasteiger partial charge < -0.3 is 5.32 Å². The lowest BCUT2D eigenvalue weighted by atomic mass is 10.1. The third-order valence-electron chi connectivity index (χ3n) is 2.93. The molecule has 1 aromatic heterocycles. The molecule has 0 amide bonds. The van der Waals surface area contributed by atoms with Crippen LogP contribution < -0.4 is 5.32 Å². The first-order valence-electron chi connectivity index (χ1n) is 6.22. The van der Waals surface area contributed by atoms with Crippen molar-refractivity contribution in [3.05, 3.63) is 56.2 Å². The zero-order valence-electron chi connectivity index (χ0n) is 10.8. The van der Waals surface area contributed by atoms with E-state index in [0.29, 0.717) is 0 Å². The van der Waals surface area contributed by atoms with Crippen molar-refractivity contribution in [3.8, 4) is 0 Å². The maximum absolute atomic E-state index is 6.11. The van der Waals surface area contributed by atoms with Gasteiger partial charge in [-0.05, 0) is 42.7 Å². The van der Waals surface area contributed by atoms with Gasteiger partial charge in [-0.2, -0.15) is 0 Å². The van der Waals surface area contributed by atoms with Gasteiger partial charge in [0.05, 0.1) is 0 Å². The predicted molar refractivity (Wildman–Crippen MR) is 80.4 cm³/mol. The molecule has 0 radical (unpaired) electrons. The highest BCUT2D eigenvalue weighted by molar-refractivity contribution is 7.11. The van der Waals surface area contributed by atoms with Gasteiger partial charge in [-0.15, -0.1) is 11.3 Å². The molecule has 0 atom stereocenters. The molecule has 3 heteroatoms. The second-order valence-corrected chi connectivity index (χ2v) is 6.07. The highest BCUT2D eigenvalue weighted by Gasteiger charge is 2.00. The topological polar surface area (TPSA) is 12.0 Å². The smallest absolute Gasteiger partial charge is 0.0438 e. The average molecular weight is 280 g/mol. The van der Waals surface area contributed by atoms with Crippen LogP contribution in [0.4, 0.5) is 0 Å². The predicted octanol–water partition coefficient (Wildman–Crippen LogP) is 4.56. The fourth-order valence-corrected chi connectivity index (χ4v) is 2.91. The van der Waals surface area contributed by atoms with Gasteiger partial charge >= 0.3 is 0 Å². The molecule has 96 valence electrons. The molecule has 1 N–H and O–H groups in total. The highest BCUT2D eigenvalue weighted by Crippen LogP contribution is 2.18. The van der Waals surface area contributed by atoms with Crippen LogP contribution in [-0.4, -0.2) is 0 Å². The Hall–Kier alpha value is -0.830. The lowest BCUT2D eigenvalue weighted by Crippen LogP contribution is -2.11. The fraction of sp³-hybridized carbons (Fsp3) is 0.333. The van der Waals surface area contributed by atoms with E-state index in [1.54, 1.807) is 0 Å². The van der Waals surface area contributed by atoms with Crippen molar-refractivity contribution in [1.82, 2.24) is 5.32 Å². The highest BCUT2D eigenvalue weighted by atomic mass is 35.5. The molecule has 18 heavy (non-hydrogen) atoms. The molecule has 2 aromatic rings. The number of thiophene rings is 1. The second-order valence-electron chi connectivity index (χ2n) is 4.41. The Labute approximate surface area is 118 Å². The Balaban J connectivity index is 1.86. The van der Waals surface area contributed by atoms with Crippen LogP contribution in [0.15, 0.2) is 30.3 Å². The maximum Gasteiger partial charge on any atom is 0.0438 e. The van der Waals surface area contributed by atoms with Crippen LogP contribution in [0, 0.1) is 6.92 Å². The summed E-state index contributed by atoms with van der Waals surface area (Å²) in [6, 6.07) is 10.7. The van der Waals surface area contributed by atoms with Gasteiger partial charge in [0.2, 0.25) is 0 Å². The number of halogens is 1. The van der Waals surface area contributed by atoms with Gasteiger partial charge in [-0.1, -0.05) is 30.7 Å². The minimum absolute atomic E-state index is 0.846. The van der Waals surface area contributed by atoms with E-state index < -0.39 is 0 Å². The summed E-state index contributed by atoms with van der Waals surface area (Å²) >= 11 is 7.99. The largest absolute Gasteiger partial charge is 0.308 e. The first-order valence-corrected chi connectivity index (χ1v) is 7.42. The van der Waals surface area contributed by atoms with Crippen molar-refractivity contribution < 1.29 is 0 Å². The third kappa shape index (κ3) is 3.58. The molecular formula is C15H18ClNS. The van der Waals surface area contributed by atoms with Gasteiger partial charge in [0, 0.05) is 27.9 Å². The molecule has 1 aromatic carbocycles. The summed E-state index contributed by atoms with van der Waals surface area (Å²) < 4.78 is 0. The summed E-state index contributed by atoms with van der Waals surface area (Å²) in [4.78, 5) is 2.84. The molecule has 0 aliphatic carbocycles. The van der Waals surface area contributed by atoms with E-state index in [0.717, 1.165) is 30.1 Å². The number of hydrogen-bond donors (Lipinski definition) is 1. The molecule has 1 nitrogen and oxygen atoms in total. The number of nitrogens with one attached hydrogen (secondary N) is 1. The van der Waals surface area contributed by atoms with E-state index in [-0.39, 0.29) is 0 Å². The minimum atomic E-state index is 0.846. The summed E-state index contributed by atoms with van der Waals surface area (Å²) in [5.41, 5.74) is 2.36. The molecular weight excluding hydrogens is 262 g/mol. The van der Waals surface area contributed by atoms with Crippen molar-refractivity contribution >= 4 is 22.9 Å². The Kier molecular flexibility index (Phi) is 4.81. The summed E-state index contributed by atoms with van der Waals surface area (Å²) in [5.74, 6) is 0. The zero-order valence-corrected chi connectivity index (χ0v) is 12.4. The third-order valence-corrected chi connectivity index (χ3v) is 4.57. The van der Waals surface area contributed by atoms with Gasteiger partial charge in [0.15, 0.2) is 0 Å². The number of aryl methyl sites for hydroxylation is 2. The average Bonchev–Trinajstić information content (AvgIpc) is 2.82. The van der Waals surface area contributed by atoms with Crippen molar-refractivity contribution in [2.75, 3.05) is 0 Å². The lowest BCUT2D eigenvalue weighted by Gasteiger charge is -2.05. The first kappa shape index (κ1) is 13.6. The Bertz CT molecular complexity index is 519. The lowest BCUT2D eigenvalue weighted by molar-refractivity contribution is 0.701. The van der Waals surface area contributed by atoms with E-state index in [1.807, 2.05) is 24.3 Å². The number of benzene rings is 1. The molecule has 0 spiro atoms. The second kappa shape index (κ2) is 6.37. The standard InChI is InChI=1S/C15H18ClNS/c1-3-13-6-7-14(18-13)10-17-9-12-5-4-11(2)15(16)8-12/h4-8,17H,3,9-10H2,1-2H3. The monoisotopic (exact) mass is 279 g/mol. The summed E-state index contributed by atoms with van der Waals surface area (Å²) in [7, 11) is 0. The van der Waals surface area contributed by atoms with Crippen LogP contribution >= 0.6 is 22.9 Å². The van der Waals surface area contributed by atoms with Crippen molar-refractivity contribution in [3.63, 3.8) is 0 Å². The van der Waals surface area contributed by atoms with Crippen LogP contribution in [0.25, 0.3) is 0 Å². The van der Waals surface area contributed by atoms with Gasteiger partial charge in [-0.25, -0.2) is 0 Å². The fourth-order valence-electron chi connectivity index (χ4n) is 1.78. The molecule has 1 heterocycles. The van der Waals surface area contributed by atoms with Crippen LogP contribution in [0.3, 0.4) is 0 Å². The summed E-state index contributed by atoms with van der Waals surface area (Å²) in [5, 5.41) is 4.30. The van der Waals surface area contributed by atoms with E-state index in [1.165, 1.54) is 15.3 Å². The maximum atomic E-state index is 6.11. The normalized spacial score (nSPS) is 10.8. The molecule has 0 aliphatic heterocycles. The van der Waals surface area contributed by atoms with Crippen LogP contribution in [-0.2, 0) is 19.5 Å². The number of rotatable bonds is 5. The van der Waals surface area contributed by atoms with E-state index in [4.69, 9.17) is 11.6 Å². The quantitative estimate of drug-likeness (QED) is 0.846. The molecule has 0 bridgehead atoms. The Morgan fingerprint density at radius 3 is 2.56 bits per heavy atom. The first-order chi connectivity index (χ1) is 8.69. The van der Waals surface area contributed by atoms with E-state index in [2.05, 4.69) is 36.5 Å². The molecule has 0 unspecified atom stereocenters. The molecule has 2 rings (SSSR count). The van der Waals surface area contributed by atoms with E-state index in [9.17, 15) is 0 Å². The molecule has 0 saturated carbocycles. The number of hydrogen-bond acceptors (Lipinski definition) is 2. The van der Waals surface area contributed by atoms with Crippen LogP contribution in [0.2, 0.25) is 5.02 Å². The summed E-state index contributed by atoms with van der Waals surface area (Å²) in [6.07, 6.45) is 1.12. The minimum Gasteiger partial charge on any atom is -0.308 e. The van der Waals surface area contributed by atoms with Crippen molar-refractivity contribution in [1.29, 1.82) is 0 Å². The SMILES string of the molecule is CCc1ccc(CNCc2ccc(C)c(Cl)c2)s1. The van der Waals surface area contributed by atoms with Crippen molar-refractivity contribution in [2.45, 2.75) is 33.4 Å². The van der Waals surface area contributed by atoms with Crippen LogP contribution in [0.1, 0.15) is 27.8 Å². The van der Waals surface area contributed by atoms with Crippen molar-refractivity contribution in [2.24, 2.45) is 0 Å².